The van der Waals surface area contributed by atoms with Crippen LogP contribution in [0.4, 0.5) is 0 Å². The number of benzene rings is 1. The number of nitrogens with zero attached hydrogens (tertiary/aromatic N) is 1. The van der Waals surface area contributed by atoms with Gasteiger partial charge in [0.2, 0.25) is 0 Å². The Balaban J connectivity index is 1.94. The summed E-state index contributed by atoms with van der Waals surface area (Å²) < 4.78 is 10.8. The number of hydrogen-bond donors (Lipinski definition) is 0. The molecule has 1 aromatic rings. The summed E-state index contributed by atoms with van der Waals surface area (Å²) in [6, 6.07) is 5.47. The Morgan fingerprint density at radius 1 is 1.12 bits per heavy atom. The molecule has 0 aromatic heterocycles. The zero-order valence-corrected chi connectivity index (χ0v) is 8.43. The second-order valence-corrected chi connectivity index (χ2v) is 3.54. The minimum absolute atomic E-state index is 0.208. The lowest BCUT2D eigenvalue weighted by Crippen LogP contribution is -2.15. The summed E-state index contributed by atoms with van der Waals surface area (Å²) in [4.78, 5) is 15.5. The van der Waals surface area contributed by atoms with Gasteiger partial charge in [0.05, 0.1) is 12.1 Å². The minimum Gasteiger partial charge on any atom is -0.486 e. The standard InChI is InChI=1S/C11H9NO4/c13-11-6-8(12-16-11)7-1-2-9-10(5-7)15-4-3-14-9/h1-2,5H,3-4,6H2. The van der Waals surface area contributed by atoms with Gasteiger partial charge in [-0.3, -0.25) is 0 Å². The van der Waals surface area contributed by atoms with Crippen molar-refractivity contribution in [3.63, 3.8) is 0 Å². The fraction of sp³-hybridized carbons (Fsp3) is 0.273. The summed E-state index contributed by atoms with van der Waals surface area (Å²) in [6.45, 7) is 1.10. The molecule has 2 aliphatic heterocycles. The second kappa shape index (κ2) is 3.52. The normalized spacial score (nSPS) is 18.0. The molecule has 2 heterocycles. The van der Waals surface area contributed by atoms with Gasteiger partial charge in [0, 0.05) is 5.56 Å². The average Bonchev–Trinajstić information content (AvgIpc) is 2.75. The highest BCUT2D eigenvalue weighted by atomic mass is 16.7. The minimum atomic E-state index is -0.329. The maximum Gasteiger partial charge on any atom is 0.341 e. The summed E-state index contributed by atoms with van der Waals surface area (Å²) in [7, 11) is 0. The molecule has 0 saturated heterocycles. The third kappa shape index (κ3) is 1.50. The van der Waals surface area contributed by atoms with Crippen molar-refractivity contribution in [3.05, 3.63) is 23.8 Å². The molecule has 0 fully saturated rings. The molecule has 16 heavy (non-hydrogen) atoms. The Kier molecular flexibility index (Phi) is 2.02. The summed E-state index contributed by atoms with van der Waals surface area (Å²) >= 11 is 0. The lowest BCUT2D eigenvalue weighted by Gasteiger charge is -2.18. The van der Waals surface area contributed by atoms with E-state index < -0.39 is 0 Å². The zero-order valence-electron chi connectivity index (χ0n) is 8.43. The van der Waals surface area contributed by atoms with E-state index >= 15 is 0 Å². The van der Waals surface area contributed by atoms with Gasteiger partial charge in [0.1, 0.15) is 13.2 Å². The Morgan fingerprint density at radius 2 is 1.94 bits per heavy atom. The van der Waals surface area contributed by atoms with Gasteiger partial charge in [0.25, 0.3) is 0 Å². The van der Waals surface area contributed by atoms with E-state index in [0.29, 0.717) is 24.7 Å². The molecule has 0 radical (unpaired) electrons. The fourth-order valence-electron chi connectivity index (χ4n) is 1.68. The molecule has 0 atom stereocenters. The number of carbonyl (C=O) groups is 1. The molecule has 5 heteroatoms. The topological polar surface area (TPSA) is 57.1 Å². The van der Waals surface area contributed by atoms with E-state index in [4.69, 9.17) is 9.47 Å². The Bertz CT molecular complexity index is 481. The van der Waals surface area contributed by atoms with Gasteiger partial charge in [-0.1, -0.05) is 5.16 Å². The van der Waals surface area contributed by atoms with Gasteiger partial charge in [-0.25, -0.2) is 4.79 Å². The van der Waals surface area contributed by atoms with Crippen LogP contribution in [0.2, 0.25) is 0 Å². The van der Waals surface area contributed by atoms with Gasteiger partial charge in [-0.2, -0.15) is 0 Å². The third-order valence-electron chi connectivity index (χ3n) is 2.44. The van der Waals surface area contributed by atoms with Gasteiger partial charge >= 0.3 is 5.97 Å². The number of oxime groups is 1. The smallest absolute Gasteiger partial charge is 0.341 e. The summed E-state index contributed by atoms with van der Waals surface area (Å²) in [5.41, 5.74) is 1.46. The van der Waals surface area contributed by atoms with Crippen molar-refractivity contribution in [3.8, 4) is 11.5 Å². The molecule has 0 amide bonds. The number of fused-ring (bicyclic) bond motifs is 1. The molecule has 0 unspecified atom stereocenters. The lowest BCUT2D eigenvalue weighted by molar-refractivity contribution is -0.140. The van der Waals surface area contributed by atoms with Crippen LogP contribution in [-0.4, -0.2) is 24.9 Å². The second-order valence-electron chi connectivity index (χ2n) is 3.54. The van der Waals surface area contributed by atoms with Crippen LogP contribution >= 0.6 is 0 Å². The predicted molar refractivity (Wildman–Crippen MR) is 54.7 cm³/mol. The Hall–Kier alpha value is -2.04. The third-order valence-corrected chi connectivity index (χ3v) is 2.44. The van der Waals surface area contributed by atoms with Crippen LogP contribution in [0.25, 0.3) is 0 Å². The van der Waals surface area contributed by atoms with Crippen molar-refractivity contribution < 1.29 is 19.1 Å². The largest absolute Gasteiger partial charge is 0.486 e. The van der Waals surface area contributed by atoms with Gasteiger partial charge in [0.15, 0.2) is 11.5 Å². The molecule has 0 aliphatic carbocycles. The molecule has 2 aliphatic rings. The van der Waals surface area contributed by atoms with E-state index in [0.717, 1.165) is 11.3 Å². The lowest BCUT2D eigenvalue weighted by atomic mass is 10.1. The van der Waals surface area contributed by atoms with Crippen molar-refractivity contribution in [1.82, 2.24) is 0 Å². The zero-order chi connectivity index (χ0) is 11.0. The first-order chi connectivity index (χ1) is 7.83. The van der Waals surface area contributed by atoms with Gasteiger partial charge in [-0.05, 0) is 18.2 Å². The molecule has 0 saturated carbocycles. The van der Waals surface area contributed by atoms with Crippen molar-refractivity contribution in [1.29, 1.82) is 0 Å². The van der Waals surface area contributed by atoms with E-state index in [-0.39, 0.29) is 12.4 Å². The highest BCUT2D eigenvalue weighted by molar-refractivity contribution is 6.11. The number of carbonyl (C=O) groups excluding carboxylic acids is 1. The van der Waals surface area contributed by atoms with E-state index in [1.165, 1.54) is 0 Å². The van der Waals surface area contributed by atoms with Crippen molar-refractivity contribution in [2.45, 2.75) is 6.42 Å². The Morgan fingerprint density at radius 3 is 2.69 bits per heavy atom. The Labute approximate surface area is 91.6 Å². The van der Waals surface area contributed by atoms with Crippen molar-refractivity contribution in [2.75, 3.05) is 13.2 Å². The molecular weight excluding hydrogens is 210 g/mol. The summed E-state index contributed by atoms with van der Waals surface area (Å²) in [5, 5.41) is 3.71. The van der Waals surface area contributed by atoms with Crippen LogP contribution in [0.1, 0.15) is 12.0 Å². The molecule has 5 nitrogen and oxygen atoms in total. The maximum absolute atomic E-state index is 10.9. The van der Waals surface area contributed by atoms with Crippen LogP contribution < -0.4 is 9.47 Å². The quantitative estimate of drug-likeness (QED) is 0.664. The summed E-state index contributed by atoms with van der Waals surface area (Å²) in [6.07, 6.45) is 0.208. The molecule has 1 aromatic carbocycles. The highest BCUT2D eigenvalue weighted by Crippen LogP contribution is 2.31. The SMILES string of the molecule is O=C1CC(c2ccc3c(c2)OCCO3)=NO1. The van der Waals surface area contributed by atoms with Crippen molar-refractivity contribution >= 4 is 11.7 Å². The molecule has 82 valence electrons. The van der Waals surface area contributed by atoms with Gasteiger partial charge < -0.3 is 14.3 Å². The number of ether oxygens (including phenoxy) is 2. The van der Waals surface area contributed by atoms with Crippen LogP contribution in [0.15, 0.2) is 23.4 Å². The van der Waals surface area contributed by atoms with Crippen LogP contribution in [0, 0.1) is 0 Å². The number of rotatable bonds is 1. The highest BCUT2D eigenvalue weighted by Gasteiger charge is 2.21. The average molecular weight is 219 g/mol. The molecule has 0 N–H and O–H groups in total. The molecule has 3 rings (SSSR count). The van der Waals surface area contributed by atoms with Crippen molar-refractivity contribution in [2.24, 2.45) is 5.16 Å². The monoisotopic (exact) mass is 219 g/mol. The van der Waals surface area contributed by atoms with Crippen LogP contribution in [0.5, 0.6) is 11.5 Å². The predicted octanol–water partition coefficient (Wildman–Crippen LogP) is 1.11. The molecule has 0 bridgehead atoms. The maximum atomic E-state index is 10.9. The van der Waals surface area contributed by atoms with Gasteiger partial charge in [-0.15, -0.1) is 0 Å². The van der Waals surface area contributed by atoms with E-state index in [2.05, 4.69) is 9.99 Å². The molecule has 0 spiro atoms. The first-order valence-electron chi connectivity index (χ1n) is 5.00. The van der Waals surface area contributed by atoms with Crippen LogP contribution in [0.3, 0.4) is 0 Å². The molecular formula is C11H9NO4. The fourth-order valence-corrected chi connectivity index (χ4v) is 1.68. The van der Waals surface area contributed by atoms with E-state index in [1.807, 2.05) is 18.2 Å². The van der Waals surface area contributed by atoms with E-state index in [1.54, 1.807) is 0 Å². The van der Waals surface area contributed by atoms with E-state index in [9.17, 15) is 4.79 Å². The summed E-state index contributed by atoms with van der Waals surface area (Å²) in [5.74, 6) is 1.08. The number of hydrogen-bond acceptors (Lipinski definition) is 5. The first kappa shape index (κ1) is 9.21. The van der Waals surface area contributed by atoms with Crippen LogP contribution in [-0.2, 0) is 9.63 Å². The first-order valence-corrected chi connectivity index (χ1v) is 5.00.